The van der Waals surface area contributed by atoms with Crippen LogP contribution in [0.2, 0.25) is 0 Å². The van der Waals surface area contributed by atoms with Gasteiger partial charge in [-0.2, -0.15) is 0 Å². The van der Waals surface area contributed by atoms with Crippen LogP contribution in [0.1, 0.15) is 78.5 Å². The van der Waals surface area contributed by atoms with E-state index in [1.165, 1.54) is 11.1 Å². The van der Waals surface area contributed by atoms with Crippen molar-refractivity contribution in [2.45, 2.75) is 68.2 Å². The minimum Gasteiger partial charge on any atom is -0.366 e. The van der Waals surface area contributed by atoms with E-state index in [1.807, 2.05) is 47.6 Å². The van der Waals surface area contributed by atoms with Crippen LogP contribution in [0.15, 0.2) is 54.7 Å². The molecule has 2 nitrogen and oxygen atoms in total. The van der Waals surface area contributed by atoms with Crippen LogP contribution in [0.4, 0.5) is 0 Å². The van der Waals surface area contributed by atoms with E-state index in [0.29, 0.717) is 11.5 Å². The van der Waals surface area contributed by atoms with Crippen LogP contribution < -0.4 is 5.73 Å². The minimum absolute atomic E-state index is 0.125. The number of nitrogens with two attached hydrogens (primary N) is 1. The lowest BCUT2D eigenvalue weighted by molar-refractivity contribution is -0.114. The van der Waals surface area contributed by atoms with Crippen molar-refractivity contribution in [3.63, 3.8) is 0 Å². The molecule has 0 bridgehead atoms. The third-order valence-electron chi connectivity index (χ3n) is 5.07. The molecule has 0 aliphatic heterocycles. The fraction of sp³-hybridized carbons (Fsp3) is 0.444. The maximum absolute atomic E-state index is 11.9. The van der Waals surface area contributed by atoms with Crippen molar-refractivity contribution in [3.05, 3.63) is 71.3 Å². The smallest absolute Gasteiger partial charge is 0.245 e. The highest BCUT2D eigenvalue weighted by Gasteiger charge is 2.20. The summed E-state index contributed by atoms with van der Waals surface area (Å²) in [6.45, 7) is 24.6. The minimum atomic E-state index is -0.377. The van der Waals surface area contributed by atoms with Crippen molar-refractivity contribution >= 4 is 17.1 Å². The van der Waals surface area contributed by atoms with Gasteiger partial charge in [-0.3, -0.25) is 4.79 Å². The van der Waals surface area contributed by atoms with Gasteiger partial charge in [0.25, 0.3) is 0 Å². The summed E-state index contributed by atoms with van der Waals surface area (Å²) in [5.74, 6) is 0.151. The van der Waals surface area contributed by atoms with Gasteiger partial charge in [0.05, 0.1) is 0 Å². The first-order valence-corrected chi connectivity index (χ1v) is 10.7. The first-order chi connectivity index (χ1) is 13.6. The van der Waals surface area contributed by atoms with Gasteiger partial charge in [-0.05, 0) is 73.4 Å². The van der Waals surface area contributed by atoms with Crippen LogP contribution >= 0.6 is 0 Å². The number of allylic oxidation sites excluding steroid dienone is 5. The molecule has 0 saturated heterocycles. The third kappa shape index (κ3) is 7.53. The largest absolute Gasteiger partial charge is 0.366 e. The Kier molecular flexibility index (Phi) is 11.9. The summed E-state index contributed by atoms with van der Waals surface area (Å²) in [6.07, 6.45) is 6.15. The molecular weight excluding hydrogens is 354 g/mol. The highest BCUT2D eigenvalue weighted by atomic mass is 16.1. The molecule has 1 aromatic rings. The van der Waals surface area contributed by atoms with Gasteiger partial charge in [-0.25, -0.2) is 0 Å². The summed E-state index contributed by atoms with van der Waals surface area (Å²) < 4.78 is 0. The second kappa shape index (κ2) is 13.0. The number of aryl methyl sites for hydroxylation is 1. The summed E-state index contributed by atoms with van der Waals surface area (Å²) in [6, 6.07) is 6.47. The summed E-state index contributed by atoms with van der Waals surface area (Å²) in [5, 5.41) is 0. The zero-order chi connectivity index (χ0) is 22.7. The van der Waals surface area contributed by atoms with Gasteiger partial charge < -0.3 is 5.73 Å². The number of hydrogen-bond donors (Lipinski definition) is 1. The number of hydrogen-bond acceptors (Lipinski definition) is 1. The number of amides is 1. The van der Waals surface area contributed by atoms with Gasteiger partial charge in [0, 0.05) is 11.5 Å². The van der Waals surface area contributed by atoms with Crippen LogP contribution in [0.5, 0.6) is 0 Å². The lowest BCUT2D eigenvalue weighted by Gasteiger charge is -2.20. The summed E-state index contributed by atoms with van der Waals surface area (Å²) in [5.41, 5.74) is 12.7. The number of rotatable bonds is 9. The van der Waals surface area contributed by atoms with Gasteiger partial charge in [0.1, 0.15) is 0 Å². The maximum atomic E-state index is 11.9. The molecule has 0 aromatic heterocycles. The van der Waals surface area contributed by atoms with Crippen molar-refractivity contribution in [3.8, 4) is 0 Å². The molecule has 2 heteroatoms. The normalized spacial score (nSPS) is 12.0. The average Bonchev–Trinajstić information content (AvgIpc) is 2.68. The van der Waals surface area contributed by atoms with Crippen molar-refractivity contribution in [1.29, 1.82) is 0 Å². The molecule has 1 unspecified atom stereocenters. The van der Waals surface area contributed by atoms with Crippen LogP contribution in [0.25, 0.3) is 11.1 Å². The molecule has 1 atom stereocenters. The summed E-state index contributed by atoms with van der Waals surface area (Å²) in [4.78, 5) is 11.9. The fourth-order valence-corrected chi connectivity index (χ4v) is 3.41. The second-order valence-corrected chi connectivity index (χ2v) is 7.78. The zero-order valence-corrected chi connectivity index (χ0v) is 19.9. The van der Waals surface area contributed by atoms with Crippen LogP contribution in [0.3, 0.4) is 0 Å². The molecule has 0 spiro atoms. The first-order valence-electron chi connectivity index (χ1n) is 10.7. The Balaban J connectivity index is 0.00000379. The molecule has 1 rings (SSSR count). The Bertz CT molecular complexity index is 774. The van der Waals surface area contributed by atoms with Gasteiger partial charge in [-0.15, -0.1) is 0 Å². The molecule has 0 aliphatic carbocycles. The lowest BCUT2D eigenvalue weighted by atomic mass is 9.84. The molecular formula is C27H41NO. The Morgan fingerprint density at radius 1 is 1.17 bits per heavy atom. The number of carbonyl (C=O) groups is 1. The fourth-order valence-electron chi connectivity index (χ4n) is 3.41. The van der Waals surface area contributed by atoms with Crippen LogP contribution in [0, 0.1) is 11.8 Å². The molecule has 1 amide bonds. The average molecular weight is 396 g/mol. The van der Waals surface area contributed by atoms with E-state index in [-0.39, 0.29) is 11.8 Å². The molecule has 0 radical (unpaired) electrons. The Hall–Kier alpha value is -2.35. The zero-order valence-electron chi connectivity index (χ0n) is 19.9. The third-order valence-corrected chi connectivity index (χ3v) is 5.07. The van der Waals surface area contributed by atoms with Gasteiger partial charge in [0.15, 0.2) is 0 Å². The Morgan fingerprint density at radius 3 is 2.17 bits per heavy atom. The van der Waals surface area contributed by atoms with Crippen molar-refractivity contribution in [2.75, 3.05) is 0 Å². The summed E-state index contributed by atoms with van der Waals surface area (Å²) in [7, 11) is 0. The number of primary amides is 1. The molecule has 0 saturated carbocycles. The predicted octanol–water partition coefficient (Wildman–Crippen LogP) is 7.36. The van der Waals surface area contributed by atoms with Crippen LogP contribution in [-0.2, 0) is 11.2 Å². The molecule has 0 fully saturated rings. The highest BCUT2D eigenvalue weighted by Crippen LogP contribution is 2.32. The first kappa shape index (κ1) is 26.6. The van der Waals surface area contributed by atoms with Crippen molar-refractivity contribution in [1.82, 2.24) is 0 Å². The molecule has 0 heterocycles. The summed E-state index contributed by atoms with van der Waals surface area (Å²) >= 11 is 0. The SMILES string of the molecule is C=C/C(=C\C)c1cc(C(=C)C(C)C(C(N)=O)=C(C)C)ccc1CCC(C)C.CC. The van der Waals surface area contributed by atoms with Crippen molar-refractivity contribution < 1.29 is 4.79 Å². The topological polar surface area (TPSA) is 43.1 Å². The quantitative estimate of drug-likeness (QED) is 0.344. The Morgan fingerprint density at radius 2 is 1.76 bits per heavy atom. The Labute approximate surface area is 179 Å². The molecule has 29 heavy (non-hydrogen) atoms. The van der Waals surface area contributed by atoms with E-state index in [1.54, 1.807) is 0 Å². The van der Waals surface area contributed by atoms with E-state index in [9.17, 15) is 4.79 Å². The van der Waals surface area contributed by atoms with Crippen LogP contribution in [-0.4, -0.2) is 5.91 Å². The van der Waals surface area contributed by atoms with E-state index in [2.05, 4.69) is 51.3 Å². The molecule has 1 aromatic carbocycles. The van der Waals surface area contributed by atoms with E-state index >= 15 is 0 Å². The molecule has 2 N–H and O–H groups in total. The highest BCUT2D eigenvalue weighted by molar-refractivity contribution is 5.96. The van der Waals surface area contributed by atoms with E-state index < -0.39 is 0 Å². The predicted molar refractivity (Wildman–Crippen MR) is 131 cm³/mol. The van der Waals surface area contributed by atoms with Gasteiger partial charge in [-0.1, -0.05) is 77.6 Å². The molecule has 160 valence electrons. The standard InChI is InChI=1S/C25H35NO.C2H6/c1-9-20(10-2)23-15-22(14-13-21(23)12-11-16(3)4)18(7)19(8)24(17(5)6)25(26)27;1-2/h9-10,13-16,19H,1,7,11-12H2,2-6,8H3,(H2,26,27);1-2H3/b20-10+;. The van der Waals surface area contributed by atoms with E-state index in [0.717, 1.165) is 35.1 Å². The number of benzene rings is 1. The number of carbonyl (C=O) groups excluding carboxylic acids is 1. The van der Waals surface area contributed by atoms with Crippen molar-refractivity contribution in [2.24, 2.45) is 17.6 Å². The lowest BCUT2D eigenvalue weighted by Crippen LogP contribution is -2.21. The second-order valence-electron chi connectivity index (χ2n) is 7.78. The van der Waals surface area contributed by atoms with Gasteiger partial charge in [0.2, 0.25) is 5.91 Å². The van der Waals surface area contributed by atoms with E-state index in [4.69, 9.17) is 5.73 Å². The monoisotopic (exact) mass is 395 g/mol. The molecule has 0 aliphatic rings. The maximum Gasteiger partial charge on any atom is 0.245 e. The van der Waals surface area contributed by atoms with Gasteiger partial charge >= 0.3 is 0 Å².